The van der Waals surface area contributed by atoms with Crippen LogP contribution in [0.15, 0.2) is 0 Å². The largest absolute Gasteiger partial charge is 0.355 e. The van der Waals surface area contributed by atoms with Crippen molar-refractivity contribution in [3.8, 4) is 0 Å². The second-order valence-corrected chi connectivity index (χ2v) is 4.56. The number of carbonyl (C=O) groups excluding carboxylic acids is 1. The van der Waals surface area contributed by atoms with Crippen LogP contribution in [0.2, 0.25) is 0 Å². The van der Waals surface area contributed by atoms with Crippen LogP contribution in [0.1, 0.15) is 33.1 Å². The van der Waals surface area contributed by atoms with Crippen molar-refractivity contribution in [3.63, 3.8) is 0 Å². The van der Waals surface area contributed by atoms with Crippen molar-refractivity contribution < 1.29 is 4.79 Å². The summed E-state index contributed by atoms with van der Waals surface area (Å²) < 4.78 is 0. The van der Waals surface area contributed by atoms with E-state index in [0.717, 1.165) is 26.1 Å². The molecule has 0 saturated carbocycles. The van der Waals surface area contributed by atoms with Crippen LogP contribution in [-0.4, -0.2) is 49.6 Å². The summed E-state index contributed by atoms with van der Waals surface area (Å²) >= 11 is 0. The van der Waals surface area contributed by atoms with Crippen molar-refractivity contribution in [2.75, 3.05) is 26.7 Å². The molecule has 2 unspecified atom stereocenters. The van der Waals surface area contributed by atoms with Crippen molar-refractivity contribution in [1.29, 1.82) is 0 Å². The maximum absolute atomic E-state index is 11.9. The first kappa shape index (κ1) is 13.5. The molecule has 1 fully saturated rings. The second-order valence-electron chi connectivity index (χ2n) is 4.56. The zero-order valence-corrected chi connectivity index (χ0v) is 10.8. The lowest BCUT2D eigenvalue weighted by atomic mass is 10.2. The molecule has 0 radical (unpaired) electrons. The summed E-state index contributed by atoms with van der Waals surface area (Å²) in [5.41, 5.74) is 0. The van der Waals surface area contributed by atoms with Gasteiger partial charge in [-0.3, -0.25) is 9.69 Å². The highest BCUT2D eigenvalue weighted by molar-refractivity contribution is 5.81. The summed E-state index contributed by atoms with van der Waals surface area (Å²) in [4.78, 5) is 14.2. The maximum atomic E-state index is 11.9. The molecule has 1 heterocycles. The van der Waals surface area contributed by atoms with E-state index in [4.69, 9.17) is 0 Å². The van der Waals surface area contributed by atoms with Crippen LogP contribution in [-0.2, 0) is 4.79 Å². The minimum atomic E-state index is 0.00685. The molecule has 0 aliphatic carbocycles. The molecule has 2 N–H and O–H groups in total. The zero-order valence-electron chi connectivity index (χ0n) is 10.8. The minimum Gasteiger partial charge on any atom is -0.355 e. The number of hydrogen-bond donors (Lipinski definition) is 2. The quantitative estimate of drug-likeness (QED) is 0.698. The van der Waals surface area contributed by atoms with Crippen LogP contribution in [0.4, 0.5) is 0 Å². The molecular formula is C12H25N3O. The van der Waals surface area contributed by atoms with Gasteiger partial charge in [-0.05, 0) is 39.8 Å². The van der Waals surface area contributed by atoms with Crippen LogP contribution < -0.4 is 10.6 Å². The Hall–Kier alpha value is -0.610. The molecule has 1 saturated heterocycles. The summed E-state index contributed by atoms with van der Waals surface area (Å²) in [5, 5.41) is 6.17. The van der Waals surface area contributed by atoms with Gasteiger partial charge in [0.2, 0.25) is 5.91 Å². The number of likely N-dealkylation sites (tertiary alicyclic amines) is 1. The first-order valence-corrected chi connectivity index (χ1v) is 6.38. The third kappa shape index (κ3) is 3.46. The number of likely N-dealkylation sites (N-methyl/N-ethyl adjacent to an activating group) is 1. The van der Waals surface area contributed by atoms with Gasteiger partial charge in [0.25, 0.3) is 0 Å². The van der Waals surface area contributed by atoms with Crippen molar-refractivity contribution >= 4 is 5.91 Å². The minimum absolute atomic E-state index is 0.00685. The molecule has 16 heavy (non-hydrogen) atoms. The lowest BCUT2D eigenvalue weighted by Crippen LogP contribution is -2.49. The monoisotopic (exact) mass is 227 g/mol. The zero-order chi connectivity index (χ0) is 12.0. The molecule has 0 bridgehead atoms. The van der Waals surface area contributed by atoms with Crippen molar-refractivity contribution in [1.82, 2.24) is 15.5 Å². The Labute approximate surface area is 98.8 Å². The van der Waals surface area contributed by atoms with Gasteiger partial charge in [-0.2, -0.15) is 0 Å². The molecule has 1 aliphatic heterocycles. The summed E-state index contributed by atoms with van der Waals surface area (Å²) in [7, 11) is 1.97. The van der Waals surface area contributed by atoms with Gasteiger partial charge >= 0.3 is 0 Å². The van der Waals surface area contributed by atoms with Crippen LogP contribution >= 0.6 is 0 Å². The third-order valence-electron chi connectivity index (χ3n) is 3.29. The summed E-state index contributed by atoms with van der Waals surface area (Å²) in [5.74, 6) is 0.171. The molecule has 1 aliphatic rings. The number of nitrogens with zero attached hydrogens (tertiary/aromatic N) is 1. The number of rotatable bonds is 6. The highest BCUT2D eigenvalue weighted by Gasteiger charge is 2.31. The molecule has 4 nitrogen and oxygen atoms in total. The predicted octanol–water partition coefficient (Wildman–Crippen LogP) is 0.585. The van der Waals surface area contributed by atoms with Crippen LogP contribution in [0.3, 0.4) is 0 Å². The van der Waals surface area contributed by atoms with E-state index in [2.05, 4.69) is 22.5 Å². The molecule has 0 spiro atoms. The van der Waals surface area contributed by atoms with E-state index < -0.39 is 0 Å². The average Bonchev–Trinajstić information content (AvgIpc) is 2.73. The van der Waals surface area contributed by atoms with Gasteiger partial charge in [-0.15, -0.1) is 0 Å². The molecule has 0 aromatic heterocycles. The molecule has 0 aromatic rings. The molecule has 94 valence electrons. The fourth-order valence-electron chi connectivity index (χ4n) is 2.37. The Bertz CT molecular complexity index is 220. The van der Waals surface area contributed by atoms with E-state index in [0.29, 0.717) is 6.04 Å². The van der Waals surface area contributed by atoms with Crippen molar-refractivity contribution in [3.05, 3.63) is 0 Å². The SMILES string of the molecule is CCCNC(=O)C(C)N1CCCC1CNC. The van der Waals surface area contributed by atoms with Gasteiger partial charge in [0.1, 0.15) is 0 Å². The molecule has 4 heteroatoms. The van der Waals surface area contributed by atoms with E-state index in [-0.39, 0.29) is 11.9 Å². The maximum Gasteiger partial charge on any atom is 0.237 e. The lowest BCUT2D eigenvalue weighted by molar-refractivity contribution is -0.126. The van der Waals surface area contributed by atoms with Gasteiger partial charge in [0.05, 0.1) is 6.04 Å². The number of amides is 1. The number of carbonyl (C=O) groups is 1. The Morgan fingerprint density at radius 3 is 2.94 bits per heavy atom. The smallest absolute Gasteiger partial charge is 0.237 e. The molecular weight excluding hydrogens is 202 g/mol. The van der Waals surface area contributed by atoms with Gasteiger partial charge in [-0.1, -0.05) is 6.92 Å². The average molecular weight is 227 g/mol. The number of nitrogens with one attached hydrogen (secondary N) is 2. The predicted molar refractivity (Wildman–Crippen MR) is 66.4 cm³/mol. The summed E-state index contributed by atoms with van der Waals surface area (Å²) in [6.45, 7) is 6.90. The van der Waals surface area contributed by atoms with E-state index in [1.165, 1.54) is 12.8 Å². The fraction of sp³-hybridized carbons (Fsp3) is 0.917. The highest BCUT2D eigenvalue weighted by Crippen LogP contribution is 2.19. The fourth-order valence-corrected chi connectivity index (χ4v) is 2.37. The van der Waals surface area contributed by atoms with Gasteiger partial charge in [-0.25, -0.2) is 0 Å². The molecule has 1 rings (SSSR count). The van der Waals surface area contributed by atoms with E-state index in [9.17, 15) is 4.79 Å². The van der Waals surface area contributed by atoms with E-state index in [1.54, 1.807) is 0 Å². The summed E-state index contributed by atoms with van der Waals surface area (Å²) in [6.07, 6.45) is 3.41. The highest BCUT2D eigenvalue weighted by atomic mass is 16.2. The Kier molecular flexibility index (Phi) is 5.77. The standard InChI is InChI=1S/C12H25N3O/c1-4-7-14-12(16)10(2)15-8-5-6-11(15)9-13-3/h10-11,13H,4-9H2,1-3H3,(H,14,16). The van der Waals surface area contributed by atoms with Gasteiger partial charge in [0.15, 0.2) is 0 Å². The first-order chi connectivity index (χ1) is 7.70. The van der Waals surface area contributed by atoms with E-state index in [1.807, 2.05) is 14.0 Å². The van der Waals surface area contributed by atoms with Crippen molar-refractivity contribution in [2.45, 2.75) is 45.2 Å². The van der Waals surface area contributed by atoms with Gasteiger partial charge < -0.3 is 10.6 Å². The second kappa shape index (κ2) is 6.86. The third-order valence-corrected chi connectivity index (χ3v) is 3.29. The van der Waals surface area contributed by atoms with Crippen molar-refractivity contribution in [2.24, 2.45) is 0 Å². The Morgan fingerprint density at radius 2 is 2.31 bits per heavy atom. The van der Waals surface area contributed by atoms with Crippen LogP contribution in [0, 0.1) is 0 Å². The Balaban J connectivity index is 2.44. The molecule has 2 atom stereocenters. The topological polar surface area (TPSA) is 44.4 Å². The van der Waals surface area contributed by atoms with Crippen LogP contribution in [0.5, 0.6) is 0 Å². The molecule has 1 amide bonds. The normalized spacial score (nSPS) is 23.3. The van der Waals surface area contributed by atoms with Gasteiger partial charge in [0, 0.05) is 19.1 Å². The Morgan fingerprint density at radius 1 is 1.56 bits per heavy atom. The van der Waals surface area contributed by atoms with E-state index >= 15 is 0 Å². The first-order valence-electron chi connectivity index (χ1n) is 6.38. The summed E-state index contributed by atoms with van der Waals surface area (Å²) in [6, 6.07) is 0.528. The lowest BCUT2D eigenvalue weighted by Gasteiger charge is -2.29. The van der Waals surface area contributed by atoms with Crippen LogP contribution in [0.25, 0.3) is 0 Å². The number of hydrogen-bond acceptors (Lipinski definition) is 3. The molecule has 0 aromatic carbocycles.